The first-order chi connectivity index (χ1) is 9.52. The molecule has 114 valence electrons. The third-order valence-corrected chi connectivity index (χ3v) is 3.12. The Bertz CT molecular complexity index is 359. The number of aliphatic hydroxyl groups excluding tert-OH is 1. The van der Waals surface area contributed by atoms with Crippen LogP contribution in [-0.4, -0.2) is 53.6 Å². The van der Waals surface area contributed by atoms with Gasteiger partial charge in [-0.05, 0) is 12.8 Å². The third kappa shape index (κ3) is 6.03. The smallest absolute Gasteiger partial charge is 0.404 e. The van der Waals surface area contributed by atoms with E-state index < -0.39 is 24.3 Å². The number of carbonyl (C=O) groups is 2. The molecule has 0 fully saturated rings. The molecular formula is C13H22N2O5. The second-order valence-electron chi connectivity index (χ2n) is 4.74. The van der Waals surface area contributed by atoms with Crippen LogP contribution in [0, 0.1) is 0 Å². The van der Waals surface area contributed by atoms with Gasteiger partial charge in [0.15, 0.2) is 0 Å². The van der Waals surface area contributed by atoms with E-state index in [2.05, 4.69) is 10.6 Å². The molecule has 1 aliphatic rings. The van der Waals surface area contributed by atoms with Gasteiger partial charge in [-0.15, -0.1) is 0 Å². The summed E-state index contributed by atoms with van der Waals surface area (Å²) in [7, 11) is 0. The summed E-state index contributed by atoms with van der Waals surface area (Å²) < 4.78 is 5.18. The van der Waals surface area contributed by atoms with Gasteiger partial charge in [0.2, 0.25) is 5.91 Å². The highest BCUT2D eigenvalue weighted by atomic mass is 16.5. The SMILES string of the molecule is CCC(CC(=O)NC1CC=CCOCC1O)NC(=O)O. The van der Waals surface area contributed by atoms with Crippen LogP contribution in [0.15, 0.2) is 12.2 Å². The number of carboxylic acid groups (broad SMARTS) is 1. The fourth-order valence-corrected chi connectivity index (χ4v) is 1.96. The second kappa shape index (κ2) is 8.55. The van der Waals surface area contributed by atoms with Crippen LogP contribution < -0.4 is 10.6 Å². The van der Waals surface area contributed by atoms with Gasteiger partial charge in [-0.2, -0.15) is 0 Å². The van der Waals surface area contributed by atoms with Crippen LogP contribution in [0.4, 0.5) is 4.79 Å². The van der Waals surface area contributed by atoms with Gasteiger partial charge in [-0.3, -0.25) is 4.79 Å². The van der Waals surface area contributed by atoms with Gasteiger partial charge < -0.3 is 25.6 Å². The van der Waals surface area contributed by atoms with Crippen molar-refractivity contribution in [3.63, 3.8) is 0 Å². The summed E-state index contributed by atoms with van der Waals surface area (Å²) in [6, 6.07) is -0.841. The molecule has 0 saturated heterocycles. The van der Waals surface area contributed by atoms with E-state index in [4.69, 9.17) is 9.84 Å². The minimum Gasteiger partial charge on any atom is -0.465 e. The maximum Gasteiger partial charge on any atom is 0.404 e. The van der Waals surface area contributed by atoms with Crippen molar-refractivity contribution in [2.45, 2.75) is 44.4 Å². The first-order valence-electron chi connectivity index (χ1n) is 6.72. The molecule has 7 heteroatoms. The Morgan fingerprint density at radius 2 is 2.20 bits per heavy atom. The lowest BCUT2D eigenvalue weighted by molar-refractivity contribution is -0.123. The van der Waals surface area contributed by atoms with Crippen LogP contribution in [0.25, 0.3) is 0 Å². The minimum absolute atomic E-state index is 0.0522. The van der Waals surface area contributed by atoms with Crippen LogP contribution in [-0.2, 0) is 9.53 Å². The highest BCUT2D eigenvalue weighted by Gasteiger charge is 2.23. The normalized spacial score (nSPS) is 24.3. The van der Waals surface area contributed by atoms with E-state index in [1.165, 1.54) is 0 Å². The first kappa shape index (κ1) is 16.5. The lowest BCUT2D eigenvalue weighted by Gasteiger charge is -2.25. The molecule has 0 aromatic rings. The molecule has 1 aliphatic heterocycles. The molecule has 4 N–H and O–H groups in total. The molecule has 0 saturated carbocycles. The third-order valence-electron chi connectivity index (χ3n) is 3.12. The molecule has 0 aromatic heterocycles. The van der Waals surface area contributed by atoms with E-state index in [0.29, 0.717) is 19.4 Å². The van der Waals surface area contributed by atoms with E-state index in [1.807, 2.05) is 12.2 Å². The fourth-order valence-electron chi connectivity index (χ4n) is 1.96. The average molecular weight is 286 g/mol. The van der Waals surface area contributed by atoms with Crippen molar-refractivity contribution in [1.82, 2.24) is 10.6 Å². The van der Waals surface area contributed by atoms with Gasteiger partial charge in [0, 0.05) is 12.5 Å². The number of hydrogen-bond donors (Lipinski definition) is 4. The Balaban J connectivity index is 2.48. The fraction of sp³-hybridized carbons (Fsp3) is 0.692. The van der Waals surface area contributed by atoms with Crippen molar-refractivity contribution in [3.05, 3.63) is 12.2 Å². The summed E-state index contributed by atoms with van der Waals surface area (Å²) in [5.41, 5.74) is 0. The van der Waals surface area contributed by atoms with Gasteiger partial charge in [0.1, 0.15) is 0 Å². The first-order valence-corrected chi connectivity index (χ1v) is 6.72. The predicted molar refractivity (Wildman–Crippen MR) is 72.4 cm³/mol. The Morgan fingerprint density at radius 3 is 2.85 bits per heavy atom. The van der Waals surface area contributed by atoms with Crippen molar-refractivity contribution >= 4 is 12.0 Å². The summed E-state index contributed by atoms with van der Waals surface area (Å²) >= 11 is 0. The number of hydrogen-bond acceptors (Lipinski definition) is 4. The number of nitrogens with one attached hydrogen (secondary N) is 2. The lowest BCUT2D eigenvalue weighted by atomic mass is 10.1. The van der Waals surface area contributed by atoms with Crippen LogP contribution in [0.1, 0.15) is 26.2 Å². The molecule has 0 spiro atoms. The summed E-state index contributed by atoms with van der Waals surface area (Å²) in [6.07, 6.45) is 2.88. The Kier molecular flexibility index (Phi) is 7.03. The van der Waals surface area contributed by atoms with Gasteiger partial charge in [-0.1, -0.05) is 19.1 Å². The molecule has 7 nitrogen and oxygen atoms in total. The van der Waals surface area contributed by atoms with Crippen molar-refractivity contribution in [1.29, 1.82) is 0 Å². The van der Waals surface area contributed by atoms with Crippen molar-refractivity contribution in [2.24, 2.45) is 0 Å². The number of rotatable bonds is 5. The summed E-state index contributed by atoms with van der Waals surface area (Å²) in [6.45, 7) is 2.42. The number of aliphatic hydroxyl groups is 1. The number of carbonyl (C=O) groups excluding carboxylic acids is 1. The molecule has 0 aromatic carbocycles. The van der Waals surface area contributed by atoms with Gasteiger partial charge in [0.05, 0.1) is 25.4 Å². The Labute approximate surface area is 118 Å². The highest BCUT2D eigenvalue weighted by Crippen LogP contribution is 2.06. The maximum atomic E-state index is 11.9. The predicted octanol–water partition coefficient (Wildman–Crippen LogP) is 0.245. The zero-order chi connectivity index (χ0) is 15.0. The van der Waals surface area contributed by atoms with E-state index in [0.717, 1.165) is 0 Å². The van der Waals surface area contributed by atoms with Gasteiger partial charge in [0.25, 0.3) is 0 Å². The molecular weight excluding hydrogens is 264 g/mol. The molecule has 1 rings (SSSR count). The Morgan fingerprint density at radius 1 is 1.45 bits per heavy atom. The standard InChI is InChI=1S/C13H22N2O5/c1-2-9(14-13(18)19)7-12(17)15-10-5-3-4-6-20-8-11(10)16/h3-4,9-11,14,16H,2,5-8H2,1H3,(H,15,17)(H,18,19). The average Bonchev–Trinajstić information content (AvgIpc) is 2.37. The van der Waals surface area contributed by atoms with Gasteiger partial charge >= 0.3 is 6.09 Å². The van der Waals surface area contributed by atoms with Crippen molar-refractivity contribution < 1.29 is 24.5 Å². The number of amides is 2. The second-order valence-corrected chi connectivity index (χ2v) is 4.74. The Hall–Kier alpha value is -1.60. The molecule has 3 unspecified atom stereocenters. The van der Waals surface area contributed by atoms with Crippen molar-refractivity contribution in [2.75, 3.05) is 13.2 Å². The molecule has 0 bridgehead atoms. The topological polar surface area (TPSA) is 108 Å². The molecule has 0 radical (unpaired) electrons. The summed E-state index contributed by atoms with van der Waals surface area (Å²) in [5, 5.41) is 23.5. The molecule has 0 aliphatic carbocycles. The molecule has 20 heavy (non-hydrogen) atoms. The van der Waals surface area contributed by atoms with E-state index >= 15 is 0 Å². The van der Waals surface area contributed by atoms with Crippen molar-refractivity contribution in [3.8, 4) is 0 Å². The van der Waals surface area contributed by atoms with Crippen LogP contribution >= 0.6 is 0 Å². The van der Waals surface area contributed by atoms with E-state index in [1.54, 1.807) is 6.92 Å². The summed E-state index contributed by atoms with van der Waals surface area (Å²) in [5.74, 6) is -0.288. The zero-order valence-electron chi connectivity index (χ0n) is 11.5. The monoisotopic (exact) mass is 286 g/mol. The van der Waals surface area contributed by atoms with Crippen LogP contribution in [0.3, 0.4) is 0 Å². The largest absolute Gasteiger partial charge is 0.465 e. The number of ether oxygens (including phenoxy) is 1. The minimum atomic E-state index is -1.15. The zero-order valence-corrected chi connectivity index (χ0v) is 11.5. The quantitative estimate of drug-likeness (QED) is 0.542. The van der Waals surface area contributed by atoms with Gasteiger partial charge in [-0.25, -0.2) is 4.79 Å². The maximum absolute atomic E-state index is 11.9. The highest BCUT2D eigenvalue weighted by molar-refractivity contribution is 5.77. The molecule has 3 atom stereocenters. The summed E-state index contributed by atoms with van der Waals surface area (Å²) in [4.78, 5) is 22.5. The van der Waals surface area contributed by atoms with Crippen LogP contribution in [0.2, 0.25) is 0 Å². The molecule has 2 amide bonds. The lowest BCUT2D eigenvalue weighted by Crippen LogP contribution is -2.47. The van der Waals surface area contributed by atoms with Crippen LogP contribution in [0.5, 0.6) is 0 Å². The van der Waals surface area contributed by atoms with E-state index in [-0.39, 0.29) is 18.9 Å². The molecule has 1 heterocycles. The van der Waals surface area contributed by atoms with E-state index in [9.17, 15) is 14.7 Å².